The van der Waals surface area contributed by atoms with E-state index in [1.807, 2.05) is 41.3 Å². The summed E-state index contributed by atoms with van der Waals surface area (Å²) in [6, 6.07) is 15.8. The lowest BCUT2D eigenvalue weighted by Crippen LogP contribution is -2.49. The predicted octanol–water partition coefficient (Wildman–Crippen LogP) is 3.33. The fourth-order valence-corrected chi connectivity index (χ4v) is 3.74. The number of piperazine rings is 1. The summed E-state index contributed by atoms with van der Waals surface area (Å²) in [7, 11) is 1.59. The van der Waals surface area contributed by atoms with E-state index in [4.69, 9.17) is 4.74 Å². The molecule has 0 bridgehead atoms. The molecule has 30 heavy (non-hydrogen) atoms. The van der Waals surface area contributed by atoms with Crippen LogP contribution in [0.3, 0.4) is 0 Å². The highest BCUT2D eigenvalue weighted by atomic mass is 79.9. The number of rotatable bonds is 7. The zero-order chi connectivity index (χ0) is 21.3. The first-order chi connectivity index (χ1) is 14.6. The third-order valence-electron chi connectivity index (χ3n) is 5.00. The lowest BCUT2D eigenvalue weighted by Gasteiger charge is -2.36. The molecule has 7 heteroatoms. The Kier molecular flexibility index (Phi) is 7.90. The summed E-state index contributed by atoms with van der Waals surface area (Å²) in [5.74, 6) is 0.520. The molecule has 1 saturated heterocycles. The van der Waals surface area contributed by atoms with Crippen LogP contribution in [0.2, 0.25) is 0 Å². The van der Waals surface area contributed by atoms with Crippen molar-refractivity contribution >= 4 is 39.5 Å². The van der Waals surface area contributed by atoms with E-state index in [-0.39, 0.29) is 11.8 Å². The molecule has 0 aliphatic carbocycles. The number of benzene rings is 2. The van der Waals surface area contributed by atoms with E-state index in [0.29, 0.717) is 31.8 Å². The van der Waals surface area contributed by atoms with E-state index in [1.54, 1.807) is 13.2 Å². The van der Waals surface area contributed by atoms with Crippen molar-refractivity contribution in [2.75, 3.05) is 44.7 Å². The first-order valence-corrected chi connectivity index (χ1v) is 10.7. The van der Waals surface area contributed by atoms with Crippen LogP contribution in [0.4, 0.5) is 5.69 Å². The minimum Gasteiger partial charge on any atom is -0.496 e. The Bertz CT molecular complexity index is 894. The molecule has 1 aliphatic rings. The maximum atomic E-state index is 12.4. The van der Waals surface area contributed by atoms with Gasteiger partial charge in [0.25, 0.3) is 0 Å². The largest absolute Gasteiger partial charge is 0.496 e. The number of amides is 2. The van der Waals surface area contributed by atoms with Crippen LogP contribution in [0, 0.1) is 0 Å². The number of hydrogen-bond donors (Lipinski definition) is 1. The maximum Gasteiger partial charge on any atom is 0.244 e. The summed E-state index contributed by atoms with van der Waals surface area (Å²) in [6.07, 6.45) is 3.45. The molecule has 2 aromatic rings. The van der Waals surface area contributed by atoms with Gasteiger partial charge in [0.15, 0.2) is 0 Å². The van der Waals surface area contributed by atoms with Gasteiger partial charge < -0.3 is 19.9 Å². The Morgan fingerprint density at radius 2 is 1.83 bits per heavy atom. The molecule has 0 unspecified atom stereocenters. The third-order valence-corrected chi connectivity index (χ3v) is 5.49. The van der Waals surface area contributed by atoms with Gasteiger partial charge in [-0.3, -0.25) is 9.59 Å². The van der Waals surface area contributed by atoms with Gasteiger partial charge in [-0.15, -0.1) is 0 Å². The van der Waals surface area contributed by atoms with Crippen LogP contribution in [0.25, 0.3) is 6.08 Å². The van der Waals surface area contributed by atoms with Crippen molar-refractivity contribution in [3.05, 3.63) is 64.6 Å². The first kappa shape index (κ1) is 21.9. The van der Waals surface area contributed by atoms with Gasteiger partial charge in [-0.2, -0.15) is 0 Å². The molecule has 2 aromatic carbocycles. The minimum atomic E-state index is -0.237. The molecule has 1 aliphatic heterocycles. The molecule has 0 saturated carbocycles. The number of halogens is 1. The molecule has 3 rings (SSSR count). The molecular formula is C23H26BrN3O3. The number of para-hydroxylation sites is 1. The number of hydrogen-bond acceptors (Lipinski definition) is 4. The number of anilines is 1. The van der Waals surface area contributed by atoms with Crippen molar-refractivity contribution in [2.45, 2.75) is 6.42 Å². The summed E-state index contributed by atoms with van der Waals surface area (Å²) in [4.78, 5) is 28.7. The Balaban J connectivity index is 1.40. The average Bonchev–Trinajstić information content (AvgIpc) is 2.78. The molecule has 2 amide bonds. The number of carbonyl (C=O) groups is 2. The van der Waals surface area contributed by atoms with Gasteiger partial charge in [0, 0.05) is 60.9 Å². The highest BCUT2D eigenvalue weighted by molar-refractivity contribution is 9.10. The Hall–Kier alpha value is -2.80. The van der Waals surface area contributed by atoms with Crippen LogP contribution in [-0.2, 0) is 9.59 Å². The number of nitrogens with one attached hydrogen (secondary N) is 1. The normalized spacial score (nSPS) is 14.1. The lowest BCUT2D eigenvalue weighted by molar-refractivity contribution is -0.131. The number of nitrogens with zero attached hydrogens (tertiary/aromatic N) is 2. The first-order valence-electron chi connectivity index (χ1n) is 9.94. The fraction of sp³-hybridized carbons (Fsp3) is 0.304. The van der Waals surface area contributed by atoms with E-state index in [1.165, 1.54) is 11.8 Å². The van der Waals surface area contributed by atoms with Crippen molar-refractivity contribution in [3.63, 3.8) is 0 Å². The Labute approximate surface area is 185 Å². The average molecular weight is 472 g/mol. The topological polar surface area (TPSA) is 61.9 Å². The minimum absolute atomic E-state index is 0.0700. The molecular weight excluding hydrogens is 446 g/mol. The van der Waals surface area contributed by atoms with E-state index in [9.17, 15) is 9.59 Å². The van der Waals surface area contributed by atoms with Gasteiger partial charge in [-0.1, -0.05) is 34.1 Å². The van der Waals surface area contributed by atoms with Crippen molar-refractivity contribution < 1.29 is 14.3 Å². The molecule has 1 heterocycles. The number of carbonyl (C=O) groups excluding carboxylic acids is 2. The number of methoxy groups -OCH3 is 1. The van der Waals surface area contributed by atoms with Crippen molar-refractivity contribution in [3.8, 4) is 5.75 Å². The van der Waals surface area contributed by atoms with Gasteiger partial charge in [0.2, 0.25) is 11.8 Å². The van der Waals surface area contributed by atoms with Crippen LogP contribution in [0.1, 0.15) is 12.0 Å². The van der Waals surface area contributed by atoms with Crippen molar-refractivity contribution in [1.29, 1.82) is 0 Å². The zero-order valence-corrected chi connectivity index (χ0v) is 18.6. The lowest BCUT2D eigenvalue weighted by atomic mass is 10.2. The Morgan fingerprint density at radius 1 is 1.10 bits per heavy atom. The van der Waals surface area contributed by atoms with Crippen molar-refractivity contribution in [1.82, 2.24) is 10.2 Å². The maximum absolute atomic E-state index is 12.4. The fourth-order valence-electron chi connectivity index (χ4n) is 3.36. The van der Waals surface area contributed by atoms with Crippen LogP contribution < -0.4 is 15.0 Å². The monoisotopic (exact) mass is 471 g/mol. The summed E-state index contributed by atoms with van der Waals surface area (Å²) < 4.78 is 6.19. The molecule has 0 atom stereocenters. The summed E-state index contributed by atoms with van der Waals surface area (Å²) in [5, 5.41) is 2.77. The molecule has 0 aromatic heterocycles. The number of ether oxygens (including phenoxy) is 1. The van der Waals surface area contributed by atoms with E-state index < -0.39 is 0 Å². The summed E-state index contributed by atoms with van der Waals surface area (Å²) in [6.45, 7) is 3.35. The highest BCUT2D eigenvalue weighted by Gasteiger charge is 2.20. The van der Waals surface area contributed by atoms with Gasteiger partial charge >= 0.3 is 0 Å². The summed E-state index contributed by atoms with van der Waals surface area (Å²) in [5.41, 5.74) is 1.99. The predicted molar refractivity (Wildman–Crippen MR) is 123 cm³/mol. The molecule has 6 nitrogen and oxygen atoms in total. The molecule has 1 fully saturated rings. The van der Waals surface area contributed by atoms with Gasteiger partial charge in [-0.05, 0) is 36.4 Å². The van der Waals surface area contributed by atoms with Gasteiger partial charge in [-0.25, -0.2) is 0 Å². The molecule has 0 spiro atoms. The second kappa shape index (κ2) is 10.8. The van der Waals surface area contributed by atoms with Crippen molar-refractivity contribution in [2.24, 2.45) is 0 Å². The standard InChI is InChI=1S/C23H26BrN3O3/c1-30-21-9-8-19(24)17-18(21)7-10-22(28)25-12-11-23(29)27-15-13-26(14-16-27)20-5-3-2-4-6-20/h2-10,17H,11-16H2,1H3,(H,25,28)/b10-7+. The van der Waals surface area contributed by atoms with E-state index in [2.05, 4.69) is 38.3 Å². The van der Waals surface area contributed by atoms with E-state index >= 15 is 0 Å². The van der Waals surface area contributed by atoms with Crippen LogP contribution in [-0.4, -0.2) is 56.5 Å². The van der Waals surface area contributed by atoms with Gasteiger partial charge in [0.1, 0.15) is 5.75 Å². The SMILES string of the molecule is COc1ccc(Br)cc1/C=C/C(=O)NCCC(=O)N1CCN(c2ccccc2)CC1. The van der Waals surface area contributed by atoms with Gasteiger partial charge in [0.05, 0.1) is 7.11 Å². The molecule has 0 radical (unpaired) electrons. The van der Waals surface area contributed by atoms with Crippen LogP contribution in [0.5, 0.6) is 5.75 Å². The van der Waals surface area contributed by atoms with Crippen LogP contribution >= 0.6 is 15.9 Å². The Morgan fingerprint density at radius 3 is 2.53 bits per heavy atom. The summed E-state index contributed by atoms with van der Waals surface area (Å²) >= 11 is 3.41. The molecule has 158 valence electrons. The second-order valence-corrected chi connectivity index (χ2v) is 7.88. The van der Waals surface area contributed by atoms with Crippen LogP contribution in [0.15, 0.2) is 59.1 Å². The highest BCUT2D eigenvalue weighted by Crippen LogP contribution is 2.24. The third kappa shape index (κ3) is 6.10. The van der Waals surface area contributed by atoms with E-state index in [0.717, 1.165) is 23.1 Å². The zero-order valence-electron chi connectivity index (χ0n) is 17.0. The molecule has 1 N–H and O–H groups in total. The smallest absolute Gasteiger partial charge is 0.244 e. The second-order valence-electron chi connectivity index (χ2n) is 6.96. The quantitative estimate of drug-likeness (QED) is 0.629.